The van der Waals surface area contributed by atoms with Crippen LogP contribution in [0.1, 0.15) is 18.4 Å². The van der Waals surface area contributed by atoms with Gasteiger partial charge < -0.3 is 10.3 Å². The predicted molar refractivity (Wildman–Crippen MR) is 115 cm³/mol. The minimum absolute atomic E-state index is 0.0462. The van der Waals surface area contributed by atoms with Crippen molar-refractivity contribution in [3.63, 3.8) is 0 Å². The highest BCUT2D eigenvalue weighted by molar-refractivity contribution is 7.99. The average molecular weight is 404 g/mol. The van der Waals surface area contributed by atoms with Crippen molar-refractivity contribution in [3.8, 4) is 17.1 Å². The smallest absolute Gasteiger partial charge is 0.230 e. The summed E-state index contributed by atoms with van der Waals surface area (Å²) in [6, 6.07) is 16.8. The second-order valence-corrected chi connectivity index (χ2v) is 8.30. The SMILES string of the molecule is Cc1cccc(-n2c(SCC(=O)NC3CC3)nnc2-c2c[nH]c3ccccc23)c1. The molecule has 1 aliphatic carbocycles. The number of para-hydroxylation sites is 1. The summed E-state index contributed by atoms with van der Waals surface area (Å²) in [4.78, 5) is 15.5. The van der Waals surface area contributed by atoms with E-state index in [0.29, 0.717) is 17.0 Å². The number of hydrogen-bond acceptors (Lipinski definition) is 4. The summed E-state index contributed by atoms with van der Waals surface area (Å²) in [6.45, 7) is 2.06. The molecule has 29 heavy (non-hydrogen) atoms. The van der Waals surface area contributed by atoms with Crippen molar-refractivity contribution in [2.24, 2.45) is 0 Å². The molecule has 0 atom stereocenters. The molecule has 146 valence electrons. The Hall–Kier alpha value is -3.06. The third-order valence-corrected chi connectivity index (χ3v) is 5.93. The van der Waals surface area contributed by atoms with Crippen LogP contribution in [-0.4, -0.2) is 37.5 Å². The monoisotopic (exact) mass is 403 g/mol. The van der Waals surface area contributed by atoms with Crippen LogP contribution in [0.5, 0.6) is 0 Å². The minimum atomic E-state index is 0.0462. The van der Waals surface area contributed by atoms with Crippen LogP contribution in [0.15, 0.2) is 59.9 Å². The Bertz CT molecular complexity index is 1190. The van der Waals surface area contributed by atoms with Crippen molar-refractivity contribution >= 4 is 28.6 Å². The van der Waals surface area contributed by atoms with Gasteiger partial charge in [0.2, 0.25) is 5.91 Å². The molecule has 0 radical (unpaired) electrons. The van der Waals surface area contributed by atoms with E-state index in [0.717, 1.165) is 46.4 Å². The number of aryl methyl sites for hydroxylation is 1. The molecule has 0 unspecified atom stereocenters. The lowest BCUT2D eigenvalue weighted by molar-refractivity contribution is -0.118. The largest absolute Gasteiger partial charge is 0.360 e. The molecular formula is C22H21N5OS. The first kappa shape index (κ1) is 18.0. The molecule has 0 saturated heterocycles. The van der Waals surface area contributed by atoms with Crippen molar-refractivity contribution in [3.05, 3.63) is 60.3 Å². The average Bonchev–Trinajstić information content (AvgIpc) is 3.27. The fourth-order valence-electron chi connectivity index (χ4n) is 3.42. The van der Waals surface area contributed by atoms with E-state index < -0.39 is 0 Å². The highest BCUT2D eigenvalue weighted by atomic mass is 32.2. The zero-order valence-electron chi connectivity index (χ0n) is 16.1. The summed E-state index contributed by atoms with van der Waals surface area (Å²) in [7, 11) is 0. The van der Waals surface area contributed by atoms with E-state index in [-0.39, 0.29) is 5.91 Å². The summed E-state index contributed by atoms with van der Waals surface area (Å²) < 4.78 is 2.04. The Balaban J connectivity index is 1.56. The zero-order valence-corrected chi connectivity index (χ0v) is 16.9. The molecule has 0 bridgehead atoms. The van der Waals surface area contributed by atoms with Gasteiger partial charge in [0.25, 0.3) is 0 Å². The van der Waals surface area contributed by atoms with Gasteiger partial charge in [0.05, 0.1) is 5.75 Å². The molecular weight excluding hydrogens is 382 g/mol. The quantitative estimate of drug-likeness (QED) is 0.476. The Morgan fingerprint density at radius 2 is 2.07 bits per heavy atom. The van der Waals surface area contributed by atoms with Gasteiger partial charge in [0.15, 0.2) is 11.0 Å². The summed E-state index contributed by atoms with van der Waals surface area (Å²) >= 11 is 1.42. The summed E-state index contributed by atoms with van der Waals surface area (Å²) in [5.41, 5.74) is 4.19. The topological polar surface area (TPSA) is 75.6 Å². The standard InChI is InChI=1S/C22H21N5OS/c1-14-5-4-6-16(11-14)27-21(18-12-23-19-8-3-2-7-17(18)19)25-26-22(27)29-13-20(28)24-15-9-10-15/h2-8,11-12,15,23H,9-10,13H2,1H3,(H,24,28). The first-order valence-corrected chi connectivity index (χ1v) is 10.7. The number of carbonyl (C=O) groups excluding carboxylic acids is 1. The number of hydrogen-bond donors (Lipinski definition) is 2. The fraction of sp³-hybridized carbons (Fsp3) is 0.227. The second-order valence-electron chi connectivity index (χ2n) is 7.36. The Kier molecular flexibility index (Phi) is 4.60. The van der Waals surface area contributed by atoms with Gasteiger partial charge in [-0.2, -0.15) is 0 Å². The van der Waals surface area contributed by atoms with Gasteiger partial charge in [-0.1, -0.05) is 42.1 Å². The Labute approximate surface area is 172 Å². The zero-order chi connectivity index (χ0) is 19.8. The lowest BCUT2D eigenvalue weighted by atomic mass is 10.1. The molecule has 1 aliphatic rings. The first-order chi connectivity index (χ1) is 14.2. The van der Waals surface area contributed by atoms with Crippen LogP contribution in [0.3, 0.4) is 0 Å². The molecule has 2 aromatic carbocycles. The Morgan fingerprint density at radius 1 is 1.21 bits per heavy atom. The number of benzene rings is 2. The van der Waals surface area contributed by atoms with Crippen LogP contribution in [0.25, 0.3) is 28.0 Å². The van der Waals surface area contributed by atoms with Gasteiger partial charge in [0.1, 0.15) is 0 Å². The fourth-order valence-corrected chi connectivity index (χ4v) is 4.18. The normalized spacial score (nSPS) is 13.7. The van der Waals surface area contributed by atoms with Crippen molar-refractivity contribution in [2.75, 3.05) is 5.75 Å². The lowest BCUT2D eigenvalue weighted by Crippen LogP contribution is -2.27. The van der Waals surface area contributed by atoms with Crippen molar-refractivity contribution < 1.29 is 4.79 Å². The van der Waals surface area contributed by atoms with E-state index in [2.05, 4.69) is 45.6 Å². The number of nitrogens with zero attached hydrogens (tertiary/aromatic N) is 3. The molecule has 0 spiro atoms. The molecule has 7 heteroatoms. The van der Waals surface area contributed by atoms with E-state index in [1.54, 1.807) is 0 Å². The Morgan fingerprint density at radius 3 is 2.90 bits per heavy atom. The van der Waals surface area contributed by atoms with E-state index in [1.807, 2.05) is 41.1 Å². The number of rotatable bonds is 6. The van der Waals surface area contributed by atoms with E-state index in [9.17, 15) is 4.79 Å². The highest BCUT2D eigenvalue weighted by Gasteiger charge is 2.24. The van der Waals surface area contributed by atoms with Crippen LogP contribution in [0, 0.1) is 6.92 Å². The molecule has 2 heterocycles. The molecule has 4 aromatic rings. The van der Waals surface area contributed by atoms with E-state index in [1.165, 1.54) is 11.8 Å². The van der Waals surface area contributed by atoms with Gasteiger partial charge in [-0.25, -0.2) is 0 Å². The van der Waals surface area contributed by atoms with E-state index in [4.69, 9.17) is 0 Å². The molecule has 5 rings (SSSR count). The second kappa shape index (κ2) is 7.40. The summed E-state index contributed by atoms with van der Waals surface area (Å²) in [6.07, 6.45) is 4.14. The number of amides is 1. The van der Waals surface area contributed by atoms with Crippen molar-refractivity contribution in [2.45, 2.75) is 31.0 Å². The molecule has 1 amide bonds. The number of nitrogens with one attached hydrogen (secondary N) is 2. The van der Waals surface area contributed by atoms with Crippen molar-refractivity contribution in [1.82, 2.24) is 25.1 Å². The van der Waals surface area contributed by atoms with Crippen LogP contribution in [-0.2, 0) is 4.79 Å². The summed E-state index contributed by atoms with van der Waals surface area (Å²) in [5, 5.41) is 13.8. The minimum Gasteiger partial charge on any atom is -0.360 e. The molecule has 1 saturated carbocycles. The first-order valence-electron chi connectivity index (χ1n) is 9.70. The molecule has 0 aliphatic heterocycles. The maximum Gasteiger partial charge on any atom is 0.230 e. The highest BCUT2D eigenvalue weighted by Crippen LogP contribution is 2.32. The lowest BCUT2D eigenvalue weighted by Gasteiger charge is -2.11. The maximum atomic E-state index is 12.2. The van der Waals surface area contributed by atoms with E-state index >= 15 is 0 Å². The molecule has 1 fully saturated rings. The van der Waals surface area contributed by atoms with Crippen LogP contribution in [0.2, 0.25) is 0 Å². The van der Waals surface area contributed by atoms with Crippen LogP contribution >= 0.6 is 11.8 Å². The third kappa shape index (κ3) is 3.65. The number of thioether (sulfide) groups is 1. The number of fused-ring (bicyclic) bond motifs is 1. The maximum absolute atomic E-state index is 12.2. The predicted octanol–water partition coefficient (Wildman–Crippen LogP) is 4.09. The van der Waals surface area contributed by atoms with Gasteiger partial charge >= 0.3 is 0 Å². The van der Waals surface area contributed by atoms with Crippen LogP contribution in [0.4, 0.5) is 0 Å². The summed E-state index contributed by atoms with van der Waals surface area (Å²) in [5.74, 6) is 1.14. The third-order valence-electron chi connectivity index (χ3n) is 5.00. The van der Waals surface area contributed by atoms with Gasteiger partial charge in [-0.3, -0.25) is 9.36 Å². The number of carbonyl (C=O) groups is 1. The van der Waals surface area contributed by atoms with Gasteiger partial charge in [-0.05, 0) is 43.5 Å². The number of aromatic amines is 1. The van der Waals surface area contributed by atoms with Gasteiger partial charge in [-0.15, -0.1) is 10.2 Å². The molecule has 2 N–H and O–H groups in total. The molecule has 6 nitrogen and oxygen atoms in total. The van der Waals surface area contributed by atoms with Gasteiger partial charge in [0, 0.05) is 34.4 Å². The number of H-pyrrole nitrogens is 1. The van der Waals surface area contributed by atoms with Crippen molar-refractivity contribution in [1.29, 1.82) is 0 Å². The van der Waals surface area contributed by atoms with Crippen LogP contribution < -0.4 is 5.32 Å². The molecule has 2 aromatic heterocycles. The number of aromatic nitrogens is 4.